The first-order valence-electron chi connectivity index (χ1n) is 8.59. The van der Waals surface area contributed by atoms with Crippen LogP contribution in [0.2, 0.25) is 0 Å². The van der Waals surface area contributed by atoms with Gasteiger partial charge in [-0.3, -0.25) is 9.59 Å². The van der Waals surface area contributed by atoms with Crippen LogP contribution in [0, 0.1) is 13.8 Å². The molecule has 140 valence electrons. The highest BCUT2D eigenvalue weighted by atomic mass is 16.5. The number of hydrogen-bond acceptors (Lipinski definition) is 5. The molecule has 7 nitrogen and oxygen atoms in total. The lowest BCUT2D eigenvalue weighted by atomic mass is 10.1. The van der Waals surface area contributed by atoms with E-state index in [-0.39, 0.29) is 23.9 Å². The fourth-order valence-electron chi connectivity index (χ4n) is 2.47. The third kappa shape index (κ3) is 4.44. The maximum Gasteiger partial charge on any atom is 0.271 e. The van der Waals surface area contributed by atoms with Gasteiger partial charge in [0.25, 0.3) is 11.5 Å². The van der Waals surface area contributed by atoms with Crippen LogP contribution in [0.5, 0.6) is 5.88 Å². The number of nitrogens with zero attached hydrogens (tertiary/aromatic N) is 2. The standard InChI is InChI=1S/C20H21N3O4/c1-13-6-7-16(11-14(13)2)23-19(24)9-8-18(22-23)27-15(3)20(25)21-12-17-5-4-10-26-17/h4-11,15H,12H2,1-3H3,(H,21,25)/t15-/m0/s1. The Bertz CT molecular complexity index is 993. The monoisotopic (exact) mass is 367 g/mol. The van der Waals surface area contributed by atoms with Crippen molar-refractivity contribution in [3.63, 3.8) is 0 Å². The minimum absolute atomic E-state index is 0.188. The predicted molar refractivity (Wildman–Crippen MR) is 100.0 cm³/mol. The summed E-state index contributed by atoms with van der Waals surface area (Å²) < 4.78 is 12.0. The predicted octanol–water partition coefficient (Wildman–Crippen LogP) is 2.53. The third-order valence-electron chi connectivity index (χ3n) is 4.19. The van der Waals surface area contributed by atoms with E-state index < -0.39 is 6.10 Å². The van der Waals surface area contributed by atoms with Crippen LogP contribution in [0.15, 0.2) is 57.9 Å². The van der Waals surface area contributed by atoms with Gasteiger partial charge in [0, 0.05) is 12.1 Å². The Morgan fingerprint density at radius 3 is 2.74 bits per heavy atom. The van der Waals surface area contributed by atoms with Crippen molar-refractivity contribution in [2.24, 2.45) is 0 Å². The molecule has 0 fully saturated rings. The van der Waals surface area contributed by atoms with Gasteiger partial charge in [-0.05, 0) is 56.2 Å². The highest BCUT2D eigenvalue weighted by molar-refractivity contribution is 5.80. The SMILES string of the molecule is Cc1ccc(-n2nc(O[C@@H](C)C(=O)NCc3ccco3)ccc2=O)cc1C. The summed E-state index contributed by atoms with van der Waals surface area (Å²) in [6.45, 7) is 5.85. The second-order valence-corrected chi connectivity index (χ2v) is 6.25. The van der Waals surface area contributed by atoms with E-state index in [0.717, 1.165) is 11.1 Å². The number of carbonyl (C=O) groups excluding carboxylic acids is 1. The fraction of sp³-hybridized carbons (Fsp3) is 0.250. The van der Waals surface area contributed by atoms with E-state index in [4.69, 9.17) is 9.15 Å². The molecule has 0 bridgehead atoms. The first-order valence-corrected chi connectivity index (χ1v) is 8.59. The number of rotatable bonds is 6. The van der Waals surface area contributed by atoms with Crippen LogP contribution in [0.4, 0.5) is 0 Å². The first-order chi connectivity index (χ1) is 12.9. The quantitative estimate of drug-likeness (QED) is 0.723. The minimum atomic E-state index is -0.779. The van der Waals surface area contributed by atoms with Gasteiger partial charge in [-0.15, -0.1) is 5.10 Å². The van der Waals surface area contributed by atoms with Crippen molar-refractivity contribution in [3.05, 3.63) is 76.0 Å². The van der Waals surface area contributed by atoms with E-state index in [2.05, 4.69) is 10.4 Å². The molecule has 0 unspecified atom stereocenters. The first kappa shape index (κ1) is 18.4. The number of nitrogens with one attached hydrogen (secondary N) is 1. The van der Waals surface area contributed by atoms with E-state index in [1.807, 2.05) is 32.0 Å². The van der Waals surface area contributed by atoms with Gasteiger partial charge in [0.15, 0.2) is 6.10 Å². The van der Waals surface area contributed by atoms with Gasteiger partial charge in [0.1, 0.15) is 5.76 Å². The third-order valence-corrected chi connectivity index (χ3v) is 4.19. The van der Waals surface area contributed by atoms with Crippen molar-refractivity contribution in [3.8, 4) is 11.6 Å². The molecule has 1 amide bonds. The van der Waals surface area contributed by atoms with Crippen molar-refractivity contribution >= 4 is 5.91 Å². The molecule has 0 radical (unpaired) electrons. The molecule has 27 heavy (non-hydrogen) atoms. The highest BCUT2D eigenvalue weighted by Gasteiger charge is 2.16. The summed E-state index contributed by atoms with van der Waals surface area (Å²) in [5, 5.41) is 6.95. The molecular formula is C20H21N3O4. The average Bonchev–Trinajstić information content (AvgIpc) is 3.17. The van der Waals surface area contributed by atoms with Crippen molar-refractivity contribution < 1.29 is 13.9 Å². The Morgan fingerprint density at radius 1 is 1.22 bits per heavy atom. The molecule has 1 aromatic carbocycles. The van der Waals surface area contributed by atoms with Gasteiger partial charge in [-0.1, -0.05) is 6.07 Å². The van der Waals surface area contributed by atoms with Gasteiger partial charge < -0.3 is 14.5 Å². The largest absolute Gasteiger partial charge is 0.467 e. The van der Waals surface area contributed by atoms with Crippen LogP contribution in [-0.4, -0.2) is 21.8 Å². The van der Waals surface area contributed by atoms with Crippen LogP contribution in [0.25, 0.3) is 5.69 Å². The van der Waals surface area contributed by atoms with Crippen molar-refractivity contribution in [2.45, 2.75) is 33.4 Å². The summed E-state index contributed by atoms with van der Waals surface area (Å²) in [5.41, 5.74) is 2.54. The molecule has 7 heteroatoms. The molecule has 3 rings (SSSR count). The normalized spacial score (nSPS) is 11.8. The Kier molecular flexibility index (Phi) is 5.40. The molecule has 2 heterocycles. The number of ether oxygens (including phenoxy) is 1. The maximum atomic E-state index is 12.2. The van der Waals surface area contributed by atoms with Crippen molar-refractivity contribution in [1.29, 1.82) is 0 Å². The summed E-state index contributed by atoms with van der Waals surface area (Å²) in [6, 6.07) is 12.0. The fourth-order valence-corrected chi connectivity index (χ4v) is 2.47. The lowest BCUT2D eigenvalue weighted by Gasteiger charge is -2.14. The van der Waals surface area contributed by atoms with Crippen LogP contribution in [-0.2, 0) is 11.3 Å². The Labute approximate surface area is 156 Å². The zero-order valence-electron chi connectivity index (χ0n) is 15.4. The highest BCUT2D eigenvalue weighted by Crippen LogP contribution is 2.14. The molecule has 0 saturated heterocycles. The van der Waals surface area contributed by atoms with Gasteiger partial charge >= 0.3 is 0 Å². The number of carbonyl (C=O) groups is 1. The molecule has 1 N–H and O–H groups in total. The number of aryl methyl sites for hydroxylation is 2. The van der Waals surface area contributed by atoms with E-state index in [9.17, 15) is 9.59 Å². The van der Waals surface area contributed by atoms with Crippen LogP contribution >= 0.6 is 0 Å². The number of furan rings is 1. The van der Waals surface area contributed by atoms with Crippen molar-refractivity contribution in [1.82, 2.24) is 15.1 Å². The molecule has 0 aliphatic carbocycles. The lowest BCUT2D eigenvalue weighted by Crippen LogP contribution is -2.36. The van der Waals surface area contributed by atoms with Crippen molar-refractivity contribution in [2.75, 3.05) is 0 Å². The zero-order chi connectivity index (χ0) is 19.4. The Morgan fingerprint density at radius 2 is 2.04 bits per heavy atom. The van der Waals surface area contributed by atoms with E-state index in [1.165, 1.54) is 16.8 Å². The average molecular weight is 367 g/mol. The summed E-state index contributed by atoms with van der Waals surface area (Å²) in [7, 11) is 0. The number of amides is 1. The van der Waals surface area contributed by atoms with E-state index in [0.29, 0.717) is 11.4 Å². The topological polar surface area (TPSA) is 86.4 Å². The molecule has 0 aliphatic rings. The maximum absolute atomic E-state index is 12.2. The second kappa shape index (κ2) is 7.90. The lowest BCUT2D eigenvalue weighted by molar-refractivity contribution is -0.127. The number of hydrogen-bond donors (Lipinski definition) is 1. The summed E-state index contributed by atoms with van der Waals surface area (Å²) in [6.07, 6.45) is 0.764. The van der Waals surface area contributed by atoms with E-state index >= 15 is 0 Å². The summed E-state index contributed by atoms with van der Waals surface area (Å²) in [5.74, 6) is 0.530. The molecular weight excluding hydrogens is 346 g/mol. The van der Waals surface area contributed by atoms with Crippen LogP contribution < -0.4 is 15.6 Å². The molecule has 3 aromatic rings. The smallest absolute Gasteiger partial charge is 0.271 e. The number of aromatic nitrogens is 2. The Hall–Kier alpha value is -3.35. The minimum Gasteiger partial charge on any atom is -0.467 e. The van der Waals surface area contributed by atoms with Gasteiger partial charge in [-0.25, -0.2) is 0 Å². The second-order valence-electron chi connectivity index (χ2n) is 6.25. The number of benzene rings is 1. The molecule has 0 saturated carbocycles. The molecule has 2 aromatic heterocycles. The van der Waals surface area contributed by atoms with Crippen LogP contribution in [0.1, 0.15) is 23.8 Å². The summed E-state index contributed by atoms with van der Waals surface area (Å²) >= 11 is 0. The molecule has 0 spiro atoms. The van der Waals surface area contributed by atoms with Gasteiger partial charge in [0.2, 0.25) is 5.88 Å². The molecule has 1 atom stereocenters. The summed E-state index contributed by atoms with van der Waals surface area (Å²) in [4.78, 5) is 24.3. The molecule has 0 aliphatic heterocycles. The Balaban J connectivity index is 1.72. The van der Waals surface area contributed by atoms with Gasteiger partial charge in [-0.2, -0.15) is 4.68 Å². The zero-order valence-corrected chi connectivity index (χ0v) is 15.4. The van der Waals surface area contributed by atoms with Gasteiger partial charge in [0.05, 0.1) is 18.5 Å². The van der Waals surface area contributed by atoms with Crippen LogP contribution in [0.3, 0.4) is 0 Å². The van der Waals surface area contributed by atoms with E-state index in [1.54, 1.807) is 25.3 Å².